The van der Waals surface area contributed by atoms with Crippen molar-refractivity contribution in [2.24, 2.45) is 0 Å². The van der Waals surface area contributed by atoms with Crippen LogP contribution in [-0.2, 0) is 16.0 Å². The molecule has 0 radical (unpaired) electrons. The molecule has 1 amide bonds. The van der Waals surface area contributed by atoms with Crippen LogP contribution < -0.4 is 10.1 Å². The number of carbonyl (C=O) groups is 3. The number of hydrogen-bond donors (Lipinski definition) is 1. The van der Waals surface area contributed by atoms with Crippen molar-refractivity contribution in [3.8, 4) is 5.75 Å². The van der Waals surface area contributed by atoms with Gasteiger partial charge in [0.2, 0.25) is 11.7 Å². The summed E-state index contributed by atoms with van der Waals surface area (Å²) >= 11 is 0. The van der Waals surface area contributed by atoms with Crippen LogP contribution in [0.3, 0.4) is 0 Å². The number of benzene rings is 3. The van der Waals surface area contributed by atoms with Gasteiger partial charge in [0.05, 0.1) is 18.4 Å². The maximum Gasteiger partial charge on any atom is 0.340 e. The van der Waals surface area contributed by atoms with Crippen molar-refractivity contribution in [3.05, 3.63) is 94.0 Å². The van der Waals surface area contributed by atoms with Gasteiger partial charge in [0, 0.05) is 12.0 Å². The standard InChI is InChI=1S/C28H29NO5/c1-18-15-20(3)24(16-19(18)2)26(30)17-34-28(32)23-7-5-6-8-25(23)29-27(31)14-11-21-9-12-22(33-4)13-10-21/h5-10,12-13,15-16H,11,14,17H2,1-4H3,(H,29,31). The minimum Gasteiger partial charge on any atom is -0.497 e. The molecule has 0 heterocycles. The highest BCUT2D eigenvalue weighted by Gasteiger charge is 2.18. The summed E-state index contributed by atoms with van der Waals surface area (Å²) in [6.07, 6.45) is 0.798. The number of ketones is 1. The number of aryl methyl sites for hydroxylation is 4. The zero-order chi connectivity index (χ0) is 24.7. The molecule has 1 N–H and O–H groups in total. The summed E-state index contributed by atoms with van der Waals surface area (Å²) < 4.78 is 10.4. The maximum atomic E-state index is 12.7. The molecule has 0 aliphatic heterocycles. The first-order valence-electron chi connectivity index (χ1n) is 11.1. The second-order valence-electron chi connectivity index (χ2n) is 8.19. The number of amides is 1. The number of rotatable bonds is 9. The van der Waals surface area contributed by atoms with Crippen LogP contribution in [0.2, 0.25) is 0 Å². The first-order valence-corrected chi connectivity index (χ1v) is 11.1. The summed E-state index contributed by atoms with van der Waals surface area (Å²) in [6, 6.07) is 17.9. The van der Waals surface area contributed by atoms with E-state index in [1.807, 2.05) is 57.2 Å². The number of methoxy groups -OCH3 is 1. The summed E-state index contributed by atoms with van der Waals surface area (Å²) in [5.41, 5.74) is 5.03. The quantitative estimate of drug-likeness (QED) is 0.350. The molecule has 0 aliphatic rings. The lowest BCUT2D eigenvalue weighted by atomic mass is 9.98. The summed E-state index contributed by atoms with van der Waals surface area (Å²) in [5, 5.41) is 2.78. The Morgan fingerprint density at radius 1 is 0.824 bits per heavy atom. The van der Waals surface area contributed by atoms with Crippen molar-refractivity contribution < 1.29 is 23.9 Å². The van der Waals surface area contributed by atoms with E-state index >= 15 is 0 Å². The van der Waals surface area contributed by atoms with E-state index in [1.165, 1.54) is 0 Å². The van der Waals surface area contributed by atoms with E-state index in [2.05, 4.69) is 5.32 Å². The number of esters is 1. The van der Waals surface area contributed by atoms with E-state index in [0.717, 1.165) is 28.0 Å². The molecule has 176 valence electrons. The summed E-state index contributed by atoms with van der Waals surface area (Å²) in [7, 11) is 1.60. The molecular weight excluding hydrogens is 430 g/mol. The largest absolute Gasteiger partial charge is 0.497 e. The number of anilines is 1. The molecule has 0 aliphatic carbocycles. The molecular formula is C28H29NO5. The van der Waals surface area contributed by atoms with Crippen LogP contribution >= 0.6 is 0 Å². The lowest BCUT2D eigenvalue weighted by molar-refractivity contribution is -0.116. The van der Waals surface area contributed by atoms with Crippen LogP contribution in [-0.4, -0.2) is 31.4 Å². The van der Waals surface area contributed by atoms with Crippen molar-refractivity contribution in [1.29, 1.82) is 0 Å². The van der Waals surface area contributed by atoms with Crippen LogP contribution in [0.4, 0.5) is 5.69 Å². The topological polar surface area (TPSA) is 81.7 Å². The van der Waals surface area contributed by atoms with Gasteiger partial charge >= 0.3 is 5.97 Å². The zero-order valence-electron chi connectivity index (χ0n) is 19.9. The van der Waals surface area contributed by atoms with Crippen LogP contribution in [0.5, 0.6) is 5.75 Å². The Morgan fingerprint density at radius 3 is 2.21 bits per heavy atom. The van der Waals surface area contributed by atoms with Crippen LogP contribution in [0.15, 0.2) is 60.7 Å². The summed E-state index contributed by atoms with van der Waals surface area (Å²) in [4.78, 5) is 37.8. The molecule has 3 rings (SSSR count). The van der Waals surface area contributed by atoms with Gasteiger partial charge in [-0.1, -0.05) is 30.3 Å². The van der Waals surface area contributed by atoms with Gasteiger partial charge in [-0.15, -0.1) is 0 Å². The molecule has 0 fully saturated rings. The fraction of sp³-hybridized carbons (Fsp3) is 0.250. The van der Waals surface area contributed by atoms with E-state index < -0.39 is 5.97 Å². The molecule has 3 aromatic rings. The average molecular weight is 460 g/mol. The highest BCUT2D eigenvalue weighted by Crippen LogP contribution is 2.19. The van der Waals surface area contributed by atoms with E-state index in [4.69, 9.17) is 9.47 Å². The molecule has 0 aromatic heterocycles. The number of Topliss-reactive ketones (excluding diaryl/α,β-unsaturated/α-hetero) is 1. The van der Waals surface area contributed by atoms with Crippen LogP contribution in [0.1, 0.15) is 49.4 Å². The van der Waals surface area contributed by atoms with Crippen molar-refractivity contribution in [2.75, 3.05) is 19.0 Å². The molecule has 6 nitrogen and oxygen atoms in total. The highest BCUT2D eigenvalue weighted by atomic mass is 16.5. The van der Waals surface area contributed by atoms with Gasteiger partial charge in [0.25, 0.3) is 0 Å². The first kappa shape index (κ1) is 24.7. The predicted octanol–water partition coefficient (Wildman–Crippen LogP) is 5.23. The van der Waals surface area contributed by atoms with Gasteiger partial charge in [0.1, 0.15) is 5.75 Å². The van der Waals surface area contributed by atoms with Crippen molar-refractivity contribution in [1.82, 2.24) is 0 Å². The Hall–Kier alpha value is -3.93. The molecule has 0 bridgehead atoms. The number of carbonyl (C=O) groups excluding carboxylic acids is 3. The van der Waals surface area contributed by atoms with E-state index in [9.17, 15) is 14.4 Å². The van der Waals surface area contributed by atoms with Gasteiger partial charge in [-0.25, -0.2) is 4.79 Å². The fourth-order valence-electron chi connectivity index (χ4n) is 3.58. The van der Waals surface area contributed by atoms with Gasteiger partial charge in [-0.2, -0.15) is 0 Å². The number of nitrogens with one attached hydrogen (secondary N) is 1. The number of para-hydroxylation sites is 1. The summed E-state index contributed by atoms with van der Waals surface area (Å²) in [6.45, 7) is 5.41. The minimum atomic E-state index is -0.666. The van der Waals surface area contributed by atoms with Gasteiger partial charge in [0.15, 0.2) is 6.61 Å². The van der Waals surface area contributed by atoms with Crippen molar-refractivity contribution >= 4 is 23.3 Å². The molecule has 0 saturated heterocycles. The third-order valence-electron chi connectivity index (χ3n) is 5.70. The van der Waals surface area contributed by atoms with E-state index in [1.54, 1.807) is 31.4 Å². The second-order valence-corrected chi connectivity index (χ2v) is 8.19. The fourth-order valence-corrected chi connectivity index (χ4v) is 3.58. The third kappa shape index (κ3) is 6.32. The Kier molecular flexibility index (Phi) is 8.19. The second kappa shape index (κ2) is 11.3. The van der Waals surface area contributed by atoms with Crippen molar-refractivity contribution in [3.63, 3.8) is 0 Å². The number of hydrogen-bond acceptors (Lipinski definition) is 5. The molecule has 0 spiro atoms. The lowest BCUT2D eigenvalue weighted by Crippen LogP contribution is -2.18. The average Bonchev–Trinajstić information content (AvgIpc) is 2.84. The monoisotopic (exact) mass is 459 g/mol. The molecule has 6 heteroatoms. The molecule has 0 saturated carbocycles. The predicted molar refractivity (Wildman–Crippen MR) is 132 cm³/mol. The number of ether oxygens (including phenoxy) is 2. The van der Waals surface area contributed by atoms with Gasteiger partial charge in [-0.3, -0.25) is 9.59 Å². The smallest absolute Gasteiger partial charge is 0.340 e. The molecule has 0 atom stereocenters. The Morgan fingerprint density at radius 2 is 1.50 bits per heavy atom. The highest BCUT2D eigenvalue weighted by molar-refractivity contribution is 6.03. The third-order valence-corrected chi connectivity index (χ3v) is 5.70. The molecule has 34 heavy (non-hydrogen) atoms. The summed E-state index contributed by atoms with van der Waals surface area (Å²) in [5.74, 6) is -0.402. The lowest BCUT2D eigenvalue weighted by Gasteiger charge is -2.12. The maximum absolute atomic E-state index is 12.7. The van der Waals surface area contributed by atoms with E-state index in [-0.39, 0.29) is 30.3 Å². The Bertz CT molecular complexity index is 1200. The zero-order valence-corrected chi connectivity index (χ0v) is 19.9. The SMILES string of the molecule is COc1ccc(CCC(=O)Nc2ccccc2C(=O)OCC(=O)c2cc(C)c(C)cc2C)cc1. The van der Waals surface area contributed by atoms with Crippen LogP contribution in [0.25, 0.3) is 0 Å². The normalized spacial score (nSPS) is 10.5. The molecule has 3 aromatic carbocycles. The van der Waals surface area contributed by atoms with E-state index in [0.29, 0.717) is 17.7 Å². The first-order chi connectivity index (χ1) is 16.3. The van der Waals surface area contributed by atoms with Crippen LogP contribution in [0, 0.1) is 20.8 Å². The van der Waals surface area contributed by atoms with Crippen molar-refractivity contribution in [2.45, 2.75) is 33.6 Å². The Labute approximate surface area is 199 Å². The minimum absolute atomic E-state index is 0.199. The van der Waals surface area contributed by atoms with Gasteiger partial charge in [-0.05, 0) is 79.8 Å². The Balaban J connectivity index is 1.60. The van der Waals surface area contributed by atoms with Gasteiger partial charge < -0.3 is 14.8 Å². The molecule has 0 unspecified atom stereocenters.